The largest absolute Gasteiger partial charge is 0.295 e. The molecule has 1 unspecified atom stereocenters. The Morgan fingerprint density at radius 1 is 1.40 bits per heavy atom. The van der Waals surface area contributed by atoms with E-state index in [1.807, 2.05) is 0 Å². The highest BCUT2D eigenvalue weighted by atomic mass is 15.3. The van der Waals surface area contributed by atoms with Crippen molar-refractivity contribution in [3.05, 3.63) is 0 Å². The zero-order chi connectivity index (χ0) is 11.3. The first-order valence-electron chi connectivity index (χ1n) is 5.92. The molecule has 0 aromatic rings. The summed E-state index contributed by atoms with van der Waals surface area (Å²) in [5.41, 5.74) is 2.84. The third kappa shape index (κ3) is 2.17. The summed E-state index contributed by atoms with van der Waals surface area (Å²) < 4.78 is 0. The van der Waals surface area contributed by atoms with Crippen LogP contribution in [0, 0.1) is 12.3 Å². The first kappa shape index (κ1) is 12.5. The zero-order valence-electron chi connectivity index (χ0n) is 9.92. The van der Waals surface area contributed by atoms with Crippen molar-refractivity contribution < 1.29 is 0 Å². The Hall–Kier alpha value is -0.560. The average molecular weight is 209 g/mol. The summed E-state index contributed by atoms with van der Waals surface area (Å²) in [6.07, 6.45) is 10.2. The number of nitrogens with zero attached hydrogens (tertiary/aromatic N) is 1. The van der Waals surface area contributed by atoms with Gasteiger partial charge in [-0.1, -0.05) is 19.8 Å². The Kier molecular flexibility index (Phi) is 4.59. The molecule has 3 nitrogen and oxygen atoms in total. The Balaban J connectivity index is 2.89. The van der Waals surface area contributed by atoms with Gasteiger partial charge in [-0.05, 0) is 38.8 Å². The van der Waals surface area contributed by atoms with Gasteiger partial charge < -0.3 is 0 Å². The highest BCUT2D eigenvalue weighted by Gasteiger charge is 2.40. The first-order chi connectivity index (χ1) is 7.25. The van der Waals surface area contributed by atoms with Crippen LogP contribution in [0.5, 0.6) is 0 Å². The van der Waals surface area contributed by atoms with Crippen LogP contribution in [-0.4, -0.2) is 29.6 Å². The fourth-order valence-corrected chi connectivity index (χ4v) is 2.81. The summed E-state index contributed by atoms with van der Waals surface area (Å²) in [5.74, 6) is 8.36. The van der Waals surface area contributed by atoms with E-state index in [4.69, 9.17) is 12.3 Å². The second-order valence-electron chi connectivity index (χ2n) is 4.27. The van der Waals surface area contributed by atoms with Crippen molar-refractivity contribution in [2.24, 2.45) is 5.84 Å². The average Bonchev–Trinajstić information content (AvgIpc) is 2.80. The van der Waals surface area contributed by atoms with E-state index in [0.29, 0.717) is 0 Å². The van der Waals surface area contributed by atoms with E-state index in [-0.39, 0.29) is 11.6 Å². The van der Waals surface area contributed by atoms with Gasteiger partial charge in [0.2, 0.25) is 0 Å². The van der Waals surface area contributed by atoms with E-state index >= 15 is 0 Å². The number of likely N-dealkylation sites (tertiary alicyclic amines) is 1. The molecule has 0 bridgehead atoms. The molecule has 1 atom stereocenters. The normalized spacial score (nSPS) is 20.1. The van der Waals surface area contributed by atoms with Gasteiger partial charge in [0.05, 0.1) is 6.04 Å². The minimum atomic E-state index is -0.0504. The maximum absolute atomic E-state index is 5.57. The van der Waals surface area contributed by atoms with Crippen molar-refractivity contribution in [2.75, 3.05) is 13.1 Å². The fraction of sp³-hybridized carbons (Fsp3) is 0.833. The van der Waals surface area contributed by atoms with E-state index in [0.717, 1.165) is 25.9 Å². The van der Waals surface area contributed by atoms with Gasteiger partial charge in [-0.25, -0.2) is 5.43 Å². The van der Waals surface area contributed by atoms with Crippen molar-refractivity contribution in [1.29, 1.82) is 0 Å². The van der Waals surface area contributed by atoms with Crippen molar-refractivity contribution >= 4 is 0 Å². The minimum Gasteiger partial charge on any atom is -0.295 e. The SMILES string of the molecule is C#CC(NN)C(CC)(CC)N1CCCC1. The summed E-state index contributed by atoms with van der Waals surface area (Å²) in [5, 5.41) is 0. The standard InChI is InChI=1S/C12H23N3/c1-4-11(14-13)12(5-2,6-3)15-9-7-8-10-15/h1,11,14H,5-10,13H2,2-3H3. The molecule has 3 N–H and O–H groups in total. The van der Waals surface area contributed by atoms with E-state index in [2.05, 4.69) is 30.1 Å². The smallest absolute Gasteiger partial charge is 0.0997 e. The highest BCUT2D eigenvalue weighted by molar-refractivity contribution is 5.13. The van der Waals surface area contributed by atoms with E-state index in [1.54, 1.807) is 0 Å². The number of rotatable bonds is 5. The number of hydrazine groups is 1. The molecule has 86 valence electrons. The predicted molar refractivity (Wildman–Crippen MR) is 64.1 cm³/mol. The zero-order valence-corrected chi connectivity index (χ0v) is 9.92. The summed E-state index contributed by atoms with van der Waals surface area (Å²) >= 11 is 0. The molecule has 1 heterocycles. The lowest BCUT2D eigenvalue weighted by atomic mass is 9.83. The summed E-state index contributed by atoms with van der Waals surface area (Å²) in [6, 6.07) is -0.0504. The molecule has 0 radical (unpaired) electrons. The molecule has 15 heavy (non-hydrogen) atoms. The van der Waals surface area contributed by atoms with Gasteiger partial charge in [-0.15, -0.1) is 6.42 Å². The van der Waals surface area contributed by atoms with Crippen LogP contribution in [0.4, 0.5) is 0 Å². The summed E-state index contributed by atoms with van der Waals surface area (Å²) in [6.45, 7) is 6.70. The monoisotopic (exact) mass is 209 g/mol. The molecular weight excluding hydrogens is 186 g/mol. The lowest BCUT2D eigenvalue weighted by Gasteiger charge is -2.44. The predicted octanol–water partition coefficient (Wildman–Crippen LogP) is 1.11. The molecule has 0 aromatic carbocycles. The van der Waals surface area contributed by atoms with Crippen LogP contribution in [0.2, 0.25) is 0 Å². The van der Waals surface area contributed by atoms with Crippen LogP contribution in [0.1, 0.15) is 39.5 Å². The minimum absolute atomic E-state index is 0.0417. The van der Waals surface area contributed by atoms with E-state index in [9.17, 15) is 0 Å². The van der Waals surface area contributed by atoms with Crippen LogP contribution in [0.25, 0.3) is 0 Å². The van der Waals surface area contributed by atoms with Crippen molar-refractivity contribution in [1.82, 2.24) is 10.3 Å². The molecule has 1 fully saturated rings. The van der Waals surface area contributed by atoms with Gasteiger partial charge in [0, 0.05) is 5.54 Å². The lowest BCUT2D eigenvalue weighted by molar-refractivity contribution is 0.0822. The molecule has 0 saturated carbocycles. The molecule has 1 aliphatic rings. The first-order valence-corrected chi connectivity index (χ1v) is 5.92. The van der Waals surface area contributed by atoms with E-state index in [1.165, 1.54) is 12.8 Å². The molecule has 0 spiro atoms. The Bertz CT molecular complexity index is 222. The van der Waals surface area contributed by atoms with Crippen LogP contribution >= 0.6 is 0 Å². The van der Waals surface area contributed by atoms with E-state index < -0.39 is 0 Å². The quantitative estimate of drug-likeness (QED) is 0.405. The van der Waals surface area contributed by atoms with Crippen LogP contribution in [0.3, 0.4) is 0 Å². The lowest BCUT2D eigenvalue weighted by Crippen LogP contribution is -2.61. The molecule has 1 aliphatic heterocycles. The molecule has 0 aliphatic carbocycles. The second-order valence-corrected chi connectivity index (χ2v) is 4.27. The molecule has 1 rings (SSSR count). The van der Waals surface area contributed by atoms with Crippen LogP contribution in [0.15, 0.2) is 0 Å². The van der Waals surface area contributed by atoms with Gasteiger partial charge in [0.1, 0.15) is 0 Å². The van der Waals surface area contributed by atoms with Crippen molar-refractivity contribution in [3.8, 4) is 12.3 Å². The molecule has 0 amide bonds. The maximum Gasteiger partial charge on any atom is 0.0997 e. The molecule has 0 aromatic heterocycles. The van der Waals surface area contributed by atoms with Crippen molar-refractivity contribution in [2.45, 2.75) is 51.1 Å². The fourth-order valence-electron chi connectivity index (χ4n) is 2.81. The van der Waals surface area contributed by atoms with Gasteiger partial charge in [0.15, 0.2) is 0 Å². The summed E-state index contributed by atoms with van der Waals surface area (Å²) in [4.78, 5) is 2.51. The van der Waals surface area contributed by atoms with Gasteiger partial charge in [0.25, 0.3) is 0 Å². The number of nitrogens with one attached hydrogen (secondary N) is 1. The highest BCUT2D eigenvalue weighted by Crippen LogP contribution is 2.31. The molecule has 1 saturated heterocycles. The molecule has 3 heteroatoms. The summed E-state index contributed by atoms with van der Waals surface area (Å²) in [7, 11) is 0. The van der Waals surface area contributed by atoms with Gasteiger partial charge in [-0.2, -0.15) is 0 Å². The topological polar surface area (TPSA) is 41.3 Å². The van der Waals surface area contributed by atoms with Crippen molar-refractivity contribution in [3.63, 3.8) is 0 Å². The van der Waals surface area contributed by atoms with Crippen LogP contribution < -0.4 is 11.3 Å². The van der Waals surface area contributed by atoms with Crippen LogP contribution in [-0.2, 0) is 0 Å². The van der Waals surface area contributed by atoms with Gasteiger partial charge in [-0.3, -0.25) is 10.7 Å². The number of terminal acetylenes is 1. The third-order valence-corrected chi connectivity index (χ3v) is 3.83. The Morgan fingerprint density at radius 2 is 1.93 bits per heavy atom. The number of hydrogen-bond donors (Lipinski definition) is 2. The second kappa shape index (κ2) is 5.50. The maximum atomic E-state index is 5.57. The van der Waals surface area contributed by atoms with Gasteiger partial charge >= 0.3 is 0 Å². The number of nitrogens with two attached hydrogens (primary N) is 1. The Labute approximate surface area is 93.4 Å². The third-order valence-electron chi connectivity index (χ3n) is 3.83. The Morgan fingerprint density at radius 3 is 2.27 bits per heavy atom. The molecular formula is C12H23N3. The number of hydrogen-bond acceptors (Lipinski definition) is 3.